The van der Waals surface area contributed by atoms with Crippen LogP contribution in [-0.4, -0.2) is 23.3 Å². The van der Waals surface area contributed by atoms with Crippen molar-refractivity contribution in [3.63, 3.8) is 0 Å². The maximum atomic E-state index is 5.06. The van der Waals surface area contributed by atoms with Crippen molar-refractivity contribution >= 4 is 34.2 Å². The molecule has 0 aliphatic rings. The van der Waals surface area contributed by atoms with Gasteiger partial charge in [0.25, 0.3) is 0 Å². The summed E-state index contributed by atoms with van der Waals surface area (Å²) in [6.07, 6.45) is 4.76. The van der Waals surface area contributed by atoms with Crippen LogP contribution in [0.1, 0.15) is 6.42 Å². The first-order valence-electron chi connectivity index (χ1n) is 5.82. The van der Waals surface area contributed by atoms with Gasteiger partial charge in [0, 0.05) is 41.9 Å². The standard InChI is InChI=1S/C13H16IN3O/c1-18-10-2-8-17-9-7-15-13(17)16-12-5-3-11(14)4-6-12/h3-7,9H,2,8,10H2,1H3,(H,15,16). The third kappa shape index (κ3) is 3.71. The molecule has 1 aromatic carbocycles. The Morgan fingerprint density at radius 3 is 2.83 bits per heavy atom. The van der Waals surface area contributed by atoms with Gasteiger partial charge in [-0.3, -0.25) is 0 Å². The fourth-order valence-corrected chi connectivity index (χ4v) is 2.01. The third-order valence-electron chi connectivity index (χ3n) is 2.56. The van der Waals surface area contributed by atoms with Crippen molar-refractivity contribution in [1.29, 1.82) is 0 Å². The first kappa shape index (κ1) is 13.4. The molecule has 0 bridgehead atoms. The molecule has 0 atom stereocenters. The number of hydrogen-bond donors (Lipinski definition) is 1. The van der Waals surface area contributed by atoms with Crippen molar-refractivity contribution in [2.24, 2.45) is 0 Å². The summed E-state index contributed by atoms with van der Waals surface area (Å²) in [5.74, 6) is 0.868. The van der Waals surface area contributed by atoms with Crippen LogP contribution < -0.4 is 5.32 Å². The highest BCUT2D eigenvalue weighted by atomic mass is 127. The smallest absolute Gasteiger partial charge is 0.207 e. The lowest BCUT2D eigenvalue weighted by Gasteiger charge is -2.09. The Bertz CT molecular complexity index is 481. The minimum Gasteiger partial charge on any atom is -0.385 e. The predicted molar refractivity (Wildman–Crippen MR) is 81.2 cm³/mol. The Morgan fingerprint density at radius 1 is 1.33 bits per heavy atom. The molecule has 0 saturated heterocycles. The summed E-state index contributed by atoms with van der Waals surface area (Å²) < 4.78 is 8.37. The van der Waals surface area contributed by atoms with Crippen LogP contribution in [0.3, 0.4) is 0 Å². The molecule has 0 unspecified atom stereocenters. The maximum absolute atomic E-state index is 5.06. The van der Waals surface area contributed by atoms with E-state index in [4.69, 9.17) is 4.74 Å². The molecule has 1 aromatic heterocycles. The fraction of sp³-hybridized carbons (Fsp3) is 0.308. The van der Waals surface area contributed by atoms with Gasteiger partial charge in [-0.05, 0) is 53.3 Å². The lowest BCUT2D eigenvalue weighted by atomic mass is 10.3. The van der Waals surface area contributed by atoms with Gasteiger partial charge in [0.1, 0.15) is 0 Å². The second-order valence-electron chi connectivity index (χ2n) is 3.92. The lowest BCUT2D eigenvalue weighted by Crippen LogP contribution is -2.05. The molecular weight excluding hydrogens is 341 g/mol. The van der Waals surface area contributed by atoms with Gasteiger partial charge in [-0.25, -0.2) is 4.98 Å². The Hall–Kier alpha value is -1.08. The molecule has 2 rings (SSSR count). The first-order valence-corrected chi connectivity index (χ1v) is 6.90. The number of ether oxygens (including phenoxy) is 1. The van der Waals surface area contributed by atoms with E-state index in [-0.39, 0.29) is 0 Å². The van der Waals surface area contributed by atoms with Crippen molar-refractivity contribution in [2.75, 3.05) is 19.0 Å². The predicted octanol–water partition coefficient (Wildman–Crippen LogP) is 3.27. The van der Waals surface area contributed by atoms with Crippen LogP contribution in [0.4, 0.5) is 11.6 Å². The van der Waals surface area contributed by atoms with Crippen LogP contribution in [0.2, 0.25) is 0 Å². The Balaban J connectivity index is 2.00. The van der Waals surface area contributed by atoms with Gasteiger partial charge in [0.15, 0.2) is 0 Å². The third-order valence-corrected chi connectivity index (χ3v) is 3.28. The average Bonchev–Trinajstić information content (AvgIpc) is 2.80. The van der Waals surface area contributed by atoms with Gasteiger partial charge >= 0.3 is 0 Å². The zero-order valence-corrected chi connectivity index (χ0v) is 12.4. The summed E-state index contributed by atoms with van der Waals surface area (Å²) >= 11 is 2.29. The van der Waals surface area contributed by atoms with Crippen molar-refractivity contribution in [3.8, 4) is 0 Å². The zero-order valence-electron chi connectivity index (χ0n) is 10.3. The normalized spacial score (nSPS) is 10.6. The molecule has 5 heteroatoms. The number of aromatic nitrogens is 2. The number of methoxy groups -OCH3 is 1. The average molecular weight is 357 g/mol. The number of benzene rings is 1. The molecule has 0 saturated carbocycles. The molecule has 0 spiro atoms. The van der Waals surface area contributed by atoms with E-state index >= 15 is 0 Å². The van der Waals surface area contributed by atoms with Crippen LogP contribution >= 0.6 is 22.6 Å². The van der Waals surface area contributed by atoms with Gasteiger partial charge in [-0.2, -0.15) is 0 Å². The highest BCUT2D eigenvalue weighted by molar-refractivity contribution is 14.1. The summed E-state index contributed by atoms with van der Waals surface area (Å²) in [5, 5.41) is 3.31. The Kier molecular flexibility index (Phi) is 5.00. The minimum absolute atomic E-state index is 0.765. The zero-order chi connectivity index (χ0) is 12.8. The van der Waals surface area contributed by atoms with Crippen LogP contribution in [-0.2, 0) is 11.3 Å². The Morgan fingerprint density at radius 2 is 2.11 bits per heavy atom. The second-order valence-corrected chi connectivity index (χ2v) is 5.17. The molecule has 96 valence electrons. The van der Waals surface area contributed by atoms with E-state index in [1.807, 2.05) is 12.4 Å². The molecule has 0 amide bonds. The number of nitrogens with one attached hydrogen (secondary N) is 1. The van der Waals surface area contributed by atoms with Gasteiger partial charge in [0.2, 0.25) is 5.95 Å². The quantitative estimate of drug-likeness (QED) is 0.637. The largest absolute Gasteiger partial charge is 0.385 e. The Labute approximate surface area is 121 Å². The number of rotatable bonds is 6. The number of hydrogen-bond acceptors (Lipinski definition) is 3. The number of aryl methyl sites for hydroxylation is 1. The van der Waals surface area contributed by atoms with Gasteiger partial charge in [0.05, 0.1) is 0 Å². The maximum Gasteiger partial charge on any atom is 0.207 e. The van der Waals surface area contributed by atoms with Crippen LogP contribution in [0.25, 0.3) is 0 Å². The summed E-state index contributed by atoms with van der Waals surface area (Å²) in [6.45, 7) is 1.67. The topological polar surface area (TPSA) is 39.1 Å². The molecule has 0 aliphatic heterocycles. The van der Waals surface area contributed by atoms with E-state index in [1.165, 1.54) is 3.57 Å². The van der Waals surface area contributed by atoms with E-state index in [0.717, 1.165) is 31.2 Å². The number of anilines is 2. The summed E-state index contributed by atoms with van der Waals surface area (Å²) in [5.41, 5.74) is 1.05. The van der Waals surface area contributed by atoms with E-state index < -0.39 is 0 Å². The molecular formula is C13H16IN3O. The van der Waals surface area contributed by atoms with Gasteiger partial charge in [-0.1, -0.05) is 0 Å². The number of halogens is 1. The first-order chi connectivity index (χ1) is 8.79. The van der Waals surface area contributed by atoms with Crippen LogP contribution in [0.5, 0.6) is 0 Å². The molecule has 1 N–H and O–H groups in total. The summed E-state index contributed by atoms with van der Waals surface area (Å²) in [6, 6.07) is 8.24. The van der Waals surface area contributed by atoms with Crippen molar-refractivity contribution in [1.82, 2.24) is 9.55 Å². The molecule has 1 heterocycles. The highest BCUT2D eigenvalue weighted by Crippen LogP contribution is 2.16. The molecule has 0 aliphatic carbocycles. The van der Waals surface area contributed by atoms with E-state index in [9.17, 15) is 0 Å². The van der Waals surface area contributed by atoms with E-state index in [0.29, 0.717) is 0 Å². The highest BCUT2D eigenvalue weighted by Gasteiger charge is 2.02. The van der Waals surface area contributed by atoms with Crippen LogP contribution in [0, 0.1) is 3.57 Å². The fourth-order valence-electron chi connectivity index (χ4n) is 1.66. The van der Waals surface area contributed by atoms with Gasteiger partial charge < -0.3 is 14.6 Å². The number of nitrogens with zero attached hydrogens (tertiary/aromatic N) is 2. The molecule has 4 nitrogen and oxygen atoms in total. The summed E-state index contributed by atoms with van der Waals surface area (Å²) in [4.78, 5) is 4.32. The van der Waals surface area contributed by atoms with E-state index in [2.05, 4.69) is 61.7 Å². The van der Waals surface area contributed by atoms with Crippen molar-refractivity contribution in [3.05, 3.63) is 40.2 Å². The van der Waals surface area contributed by atoms with Gasteiger partial charge in [-0.15, -0.1) is 0 Å². The number of imidazole rings is 1. The van der Waals surface area contributed by atoms with Crippen molar-refractivity contribution in [2.45, 2.75) is 13.0 Å². The van der Waals surface area contributed by atoms with Crippen molar-refractivity contribution < 1.29 is 4.74 Å². The second kappa shape index (κ2) is 6.75. The molecule has 0 fully saturated rings. The van der Waals surface area contributed by atoms with E-state index in [1.54, 1.807) is 7.11 Å². The molecule has 2 aromatic rings. The summed E-state index contributed by atoms with van der Waals surface area (Å²) in [7, 11) is 1.72. The molecule has 0 radical (unpaired) electrons. The lowest BCUT2D eigenvalue weighted by molar-refractivity contribution is 0.190. The molecule has 18 heavy (non-hydrogen) atoms. The SMILES string of the molecule is COCCCn1ccnc1Nc1ccc(I)cc1. The van der Waals surface area contributed by atoms with Crippen LogP contribution in [0.15, 0.2) is 36.7 Å². The minimum atomic E-state index is 0.765. The monoisotopic (exact) mass is 357 g/mol.